The summed E-state index contributed by atoms with van der Waals surface area (Å²) in [5.74, 6) is -1.41. The number of benzene rings is 2. The third-order valence-electron chi connectivity index (χ3n) is 6.95. The highest BCUT2D eigenvalue weighted by molar-refractivity contribution is 6.03. The van der Waals surface area contributed by atoms with Gasteiger partial charge in [-0.15, -0.1) is 0 Å². The van der Waals surface area contributed by atoms with Crippen molar-refractivity contribution in [2.75, 3.05) is 19.4 Å². The predicted molar refractivity (Wildman–Crippen MR) is 145 cm³/mol. The summed E-state index contributed by atoms with van der Waals surface area (Å²) in [5.41, 5.74) is 13.8. The van der Waals surface area contributed by atoms with E-state index in [1.807, 2.05) is 0 Å². The molecule has 1 atom stereocenters. The van der Waals surface area contributed by atoms with Crippen molar-refractivity contribution in [2.24, 2.45) is 5.73 Å². The number of amides is 3. The number of methoxy groups -OCH3 is 1. The van der Waals surface area contributed by atoms with Crippen molar-refractivity contribution in [3.05, 3.63) is 77.6 Å². The van der Waals surface area contributed by atoms with E-state index in [1.54, 1.807) is 29.2 Å². The lowest BCUT2D eigenvalue weighted by Gasteiger charge is -2.24. The lowest BCUT2D eigenvalue weighted by Crippen LogP contribution is -2.41. The number of aromatic nitrogens is 5. The van der Waals surface area contributed by atoms with Gasteiger partial charge in [0.25, 0.3) is 11.8 Å². The fourth-order valence-corrected chi connectivity index (χ4v) is 4.89. The number of nitrogens with one attached hydrogen (secondary N) is 1. The maximum absolute atomic E-state index is 13.7. The number of carbonyl (C=O) groups is 3. The Labute approximate surface area is 233 Å². The Hall–Kier alpha value is -5.27. The summed E-state index contributed by atoms with van der Waals surface area (Å²) in [6, 6.07) is 10.2. The molecule has 14 heteroatoms. The average Bonchev–Trinajstić information content (AvgIpc) is 3.73. The Morgan fingerprint density at radius 3 is 2.63 bits per heavy atom. The van der Waals surface area contributed by atoms with Crippen LogP contribution in [0, 0.1) is 5.82 Å². The molecular formula is C27H28FN9O4. The van der Waals surface area contributed by atoms with Gasteiger partial charge in [0.2, 0.25) is 0 Å². The lowest BCUT2D eigenvalue weighted by molar-refractivity contribution is 0.0946. The van der Waals surface area contributed by atoms with Crippen LogP contribution in [-0.4, -0.2) is 67.0 Å². The highest BCUT2D eigenvalue weighted by Gasteiger charge is 2.32. The van der Waals surface area contributed by atoms with E-state index in [0.29, 0.717) is 17.8 Å². The van der Waals surface area contributed by atoms with Gasteiger partial charge in [-0.2, -0.15) is 14.9 Å². The van der Waals surface area contributed by atoms with Gasteiger partial charge in [-0.05, 0) is 36.6 Å². The first-order valence-corrected chi connectivity index (χ1v) is 12.8. The second-order valence-electron chi connectivity index (χ2n) is 9.49. The molecular weight excluding hydrogens is 533 g/mol. The number of likely N-dealkylation sites (tertiary alicyclic amines) is 1. The first kappa shape index (κ1) is 27.3. The average molecular weight is 562 g/mol. The number of carbonyl (C=O) groups excluding carboxylic acids is 3. The summed E-state index contributed by atoms with van der Waals surface area (Å²) >= 11 is 0. The molecule has 0 spiro atoms. The third-order valence-corrected chi connectivity index (χ3v) is 6.95. The van der Waals surface area contributed by atoms with Crippen LogP contribution in [0.15, 0.2) is 55.1 Å². The molecule has 0 bridgehead atoms. The number of hydrogen-bond donors (Lipinski definition) is 3. The smallest absolute Gasteiger partial charge is 0.346 e. The van der Waals surface area contributed by atoms with Gasteiger partial charge in [0, 0.05) is 18.7 Å². The largest absolute Gasteiger partial charge is 0.496 e. The normalized spacial score (nSPS) is 14.7. The number of nitrogens with two attached hydrogens (primary N) is 2. The Morgan fingerprint density at radius 1 is 1.17 bits per heavy atom. The minimum Gasteiger partial charge on any atom is -0.496 e. The van der Waals surface area contributed by atoms with Crippen LogP contribution in [0.4, 0.5) is 15.0 Å². The number of anilines is 1. The van der Waals surface area contributed by atoms with Gasteiger partial charge >= 0.3 is 6.03 Å². The van der Waals surface area contributed by atoms with Crippen molar-refractivity contribution < 1.29 is 23.5 Å². The molecule has 1 fully saturated rings. The van der Waals surface area contributed by atoms with Crippen molar-refractivity contribution in [1.29, 1.82) is 0 Å². The monoisotopic (exact) mass is 561 g/mol. The second-order valence-corrected chi connectivity index (χ2v) is 9.49. The first-order valence-electron chi connectivity index (χ1n) is 12.8. The number of primary amides is 1. The molecule has 1 aliphatic heterocycles. The van der Waals surface area contributed by atoms with Crippen molar-refractivity contribution in [3.63, 3.8) is 0 Å². The molecule has 1 aliphatic rings. The van der Waals surface area contributed by atoms with Gasteiger partial charge in [-0.25, -0.2) is 18.9 Å². The highest BCUT2D eigenvalue weighted by atomic mass is 19.1. The van der Waals surface area contributed by atoms with E-state index < -0.39 is 17.6 Å². The SMILES string of the molecule is COc1ccc(F)cc1C(=O)NCc1ccc(-c2nn(CC3CCCN3C(=O)n3cncn3)c(N)c2C(N)=O)cc1. The molecule has 212 valence electrons. The predicted octanol–water partition coefficient (Wildman–Crippen LogP) is 2.03. The standard InChI is InChI=1S/C27H28FN9O4/c1-41-21-9-8-18(28)11-20(21)26(39)32-12-16-4-6-17(7-5-16)23-22(25(30)38)24(29)36(34-23)13-19-3-2-10-35(19)27(40)37-15-31-14-33-37/h4-9,11,14-15,19H,2-3,10,12-13,29H2,1H3,(H2,30,38)(H,32,39). The fourth-order valence-electron chi connectivity index (χ4n) is 4.89. The van der Waals surface area contributed by atoms with Crippen molar-refractivity contribution in [1.82, 2.24) is 34.8 Å². The fraction of sp³-hybridized carbons (Fsp3) is 0.259. The van der Waals surface area contributed by atoms with E-state index in [1.165, 1.54) is 41.3 Å². The van der Waals surface area contributed by atoms with Crippen LogP contribution >= 0.6 is 0 Å². The Balaban J connectivity index is 1.32. The topological polar surface area (TPSA) is 176 Å². The maximum atomic E-state index is 13.7. The van der Waals surface area contributed by atoms with Crippen molar-refractivity contribution in [3.8, 4) is 17.0 Å². The molecule has 2 aromatic carbocycles. The minimum atomic E-state index is -0.730. The van der Waals surface area contributed by atoms with Gasteiger partial charge < -0.3 is 26.4 Å². The summed E-state index contributed by atoms with van der Waals surface area (Å²) in [7, 11) is 1.40. The molecule has 1 unspecified atom stereocenters. The number of ether oxygens (including phenoxy) is 1. The van der Waals surface area contributed by atoms with Crippen LogP contribution in [0.25, 0.3) is 11.3 Å². The molecule has 13 nitrogen and oxygen atoms in total. The van der Waals surface area contributed by atoms with Crippen LogP contribution in [0.2, 0.25) is 0 Å². The Morgan fingerprint density at radius 2 is 1.95 bits per heavy atom. The summed E-state index contributed by atoms with van der Waals surface area (Å²) in [6.07, 6.45) is 4.16. The number of hydrogen-bond acceptors (Lipinski definition) is 8. The molecule has 0 aliphatic carbocycles. The lowest BCUT2D eigenvalue weighted by atomic mass is 10.0. The van der Waals surface area contributed by atoms with Gasteiger partial charge in [0.15, 0.2) is 0 Å². The Bertz CT molecular complexity index is 1590. The molecule has 0 saturated carbocycles. The van der Waals surface area contributed by atoms with E-state index in [2.05, 4.69) is 20.5 Å². The maximum Gasteiger partial charge on any atom is 0.346 e. The molecule has 2 aromatic heterocycles. The zero-order chi connectivity index (χ0) is 29.1. The second kappa shape index (κ2) is 11.5. The summed E-state index contributed by atoms with van der Waals surface area (Å²) < 4.78 is 21.5. The molecule has 5 rings (SSSR count). The van der Waals surface area contributed by atoms with Crippen molar-refractivity contribution >= 4 is 23.7 Å². The number of nitrogens with zero attached hydrogens (tertiary/aromatic N) is 6. The molecule has 4 aromatic rings. The summed E-state index contributed by atoms with van der Waals surface area (Å²) in [4.78, 5) is 43.3. The van der Waals surface area contributed by atoms with Gasteiger partial charge in [-0.3, -0.25) is 9.59 Å². The van der Waals surface area contributed by atoms with Crippen molar-refractivity contribution in [2.45, 2.75) is 32.0 Å². The number of rotatable bonds is 8. The summed E-state index contributed by atoms with van der Waals surface area (Å²) in [5, 5.41) is 11.3. The van der Waals surface area contributed by atoms with Gasteiger partial charge in [0.05, 0.1) is 25.3 Å². The molecule has 1 saturated heterocycles. The zero-order valence-electron chi connectivity index (χ0n) is 22.2. The van der Waals surface area contributed by atoms with E-state index in [9.17, 15) is 18.8 Å². The van der Waals surface area contributed by atoms with Crippen LogP contribution in [0.3, 0.4) is 0 Å². The number of nitrogen functional groups attached to an aromatic ring is 1. The van der Waals surface area contributed by atoms with E-state index in [4.69, 9.17) is 16.2 Å². The summed E-state index contributed by atoms with van der Waals surface area (Å²) in [6.45, 7) is 0.972. The van der Waals surface area contributed by atoms with Crippen LogP contribution < -0.4 is 21.5 Å². The Kier molecular flexibility index (Phi) is 7.63. The number of halogens is 1. The van der Waals surface area contributed by atoms with Gasteiger partial charge in [-0.1, -0.05) is 24.3 Å². The zero-order valence-corrected chi connectivity index (χ0v) is 22.2. The first-order chi connectivity index (χ1) is 19.8. The van der Waals surface area contributed by atoms with Gasteiger partial charge in [0.1, 0.15) is 41.3 Å². The van der Waals surface area contributed by atoms with E-state index in [-0.39, 0.29) is 47.9 Å². The quantitative estimate of drug-likeness (QED) is 0.293. The van der Waals surface area contributed by atoms with E-state index >= 15 is 0 Å². The molecule has 3 amide bonds. The van der Waals surface area contributed by atoms with Crippen LogP contribution in [0.1, 0.15) is 39.1 Å². The molecule has 5 N–H and O–H groups in total. The van der Waals surface area contributed by atoms with Crippen LogP contribution in [0.5, 0.6) is 5.75 Å². The highest BCUT2D eigenvalue weighted by Crippen LogP contribution is 2.29. The van der Waals surface area contributed by atoms with E-state index in [0.717, 1.165) is 24.5 Å². The minimum absolute atomic E-state index is 0.0800. The molecule has 0 radical (unpaired) electrons. The third kappa shape index (κ3) is 5.57. The van der Waals surface area contributed by atoms with Crippen LogP contribution in [-0.2, 0) is 13.1 Å². The molecule has 41 heavy (non-hydrogen) atoms. The molecule has 3 heterocycles.